The van der Waals surface area contributed by atoms with Crippen molar-refractivity contribution in [1.29, 1.82) is 0 Å². The minimum absolute atomic E-state index is 0.0454. The van der Waals surface area contributed by atoms with E-state index in [0.29, 0.717) is 17.2 Å². The van der Waals surface area contributed by atoms with E-state index in [0.717, 1.165) is 6.07 Å². The van der Waals surface area contributed by atoms with Gasteiger partial charge in [0.25, 0.3) is 10.1 Å². The molecule has 8 heteroatoms. The first-order valence-corrected chi connectivity index (χ1v) is 7.47. The Morgan fingerprint density at radius 3 is 2.29 bits per heavy atom. The first-order chi connectivity index (χ1) is 9.90. The molecule has 0 aliphatic rings. The van der Waals surface area contributed by atoms with Crippen LogP contribution in [0.1, 0.15) is 0 Å². The third-order valence-electron chi connectivity index (χ3n) is 2.49. The minimum Gasteiger partial charge on any atom is -0.457 e. The molecule has 0 bridgehead atoms. The molecular weight excluding hydrogens is 318 g/mol. The van der Waals surface area contributed by atoms with Gasteiger partial charge in [0.2, 0.25) is 6.41 Å². The van der Waals surface area contributed by atoms with Gasteiger partial charge in [0, 0.05) is 11.1 Å². The fraction of sp³-hybridized carbons (Fsp3) is 0. The number of nitrogens with one attached hydrogen (secondary N) is 1. The summed E-state index contributed by atoms with van der Waals surface area (Å²) < 4.78 is 37.2. The van der Waals surface area contributed by atoms with E-state index in [9.17, 15) is 13.2 Å². The first kappa shape index (κ1) is 15.3. The Balaban J connectivity index is 2.37. The van der Waals surface area contributed by atoms with Crippen LogP contribution in [0.4, 0.5) is 5.69 Å². The average Bonchev–Trinajstić information content (AvgIpc) is 2.42. The highest BCUT2D eigenvalue weighted by Gasteiger charge is 2.17. The number of carbonyl (C=O) groups excluding carboxylic acids is 1. The molecule has 0 fully saturated rings. The molecule has 21 heavy (non-hydrogen) atoms. The van der Waals surface area contributed by atoms with Gasteiger partial charge in [-0.1, -0.05) is 11.6 Å². The van der Waals surface area contributed by atoms with Crippen LogP contribution in [-0.2, 0) is 14.9 Å². The van der Waals surface area contributed by atoms with Gasteiger partial charge < -0.3 is 10.1 Å². The molecule has 0 radical (unpaired) electrons. The van der Waals surface area contributed by atoms with Crippen molar-refractivity contribution in [3.05, 3.63) is 47.5 Å². The minimum atomic E-state index is -4.50. The molecule has 0 saturated carbocycles. The Bertz CT molecular complexity index is 759. The van der Waals surface area contributed by atoms with Crippen LogP contribution in [-0.4, -0.2) is 19.4 Å². The van der Waals surface area contributed by atoms with Crippen molar-refractivity contribution in [2.24, 2.45) is 0 Å². The molecule has 2 aromatic rings. The van der Waals surface area contributed by atoms with Gasteiger partial charge in [-0.15, -0.1) is 0 Å². The number of rotatable bonds is 5. The van der Waals surface area contributed by atoms with E-state index in [4.69, 9.17) is 20.9 Å². The molecular formula is C13H10ClNO5S. The van der Waals surface area contributed by atoms with E-state index in [2.05, 4.69) is 5.32 Å². The van der Waals surface area contributed by atoms with Crippen LogP contribution >= 0.6 is 11.6 Å². The zero-order valence-electron chi connectivity index (χ0n) is 10.5. The smallest absolute Gasteiger partial charge is 0.296 e. The van der Waals surface area contributed by atoms with Crippen molar-refractivity contribution in [3.8, 4) is 11.5 Å². The Labute approximate surface area is 126 Å². The Kier molecular flexibility index (Phi) is 4.46. The van der Waals surface area contributed by atoms with Crippen LogP contribution in [0.15, 0.2) is 47.4 Å². The molecule has 110 valence electrons. The predicted octanol–water partition coefficient (Wildman–Crippen LogP) is 2.95. The quantitative estimate of drug-likeness (QED) is 0.650. The zero-order chi connectivity index (χ0) is 15.5. The lowest BCUT2D eigenvalue weighted by atomic mass is 10.3. The number of carbonyl (C=O) groups is 1. The highest BCUT2D eigenvalue weighted by atomic mass is 35.5. The maximum atomic E-state index is 11.3. The second-order valence-corrected chi connectivity index (χ2v) is 5.78. The second-order valence-electron chi connectivity index (χ2n) is 3.95. The molecule has 0 atom stereocenters. The van der Waals surface area contributed by atoms with E-state index in [1.165, 1.54) is 12.1 Å². The molecule has 1 amide bonds. The van der Waals surface area contributed by atoms with E-state index in [1.807, 2.05) is 0 Å². The number of benzene rings is 2. The maximum Gasteiger partial charge on any atom is 0.296 e. The summed E-state index contributed by atoms with van der Waals surface area (Å²) in [6, 6.07) is 10.3. The summed E-state index contributed by atoms with van der Waals surface area (Å²) in [7, 11) is -4.50. The number of hydrogen-bond donors (Lipinski definition) is 2. The van der Waals surface area contributed by atoms with Gasteiger partial charge in [0.05, 0.1) is 5.69 Å². The molecule has 0 heterocycles. The van der Waals surface area contributed by atoms with E-state index < -0.39 is 15.0 Å². The van der Waals surface area contributed by atoms with Crippen molar-refractivity contribution >= 4 is 33.8 Å². The molecule has 0 aliphatic carbocycles. The number of hydrogen-bond acceptors (Lipinski definition) is 4. The molecule has 0 saturated heterocycles. The van der Waals surface area contributed by atoms with Gasteiger partial charge in [-0.05, 0) is 36.4 Å². The van der Waals surface area contributed by atoms with Crippen molar-refractivity contribution in [2.75, 3.05) is 5.32 Å². The lowest BCUT2D eigenvalue weighted by molar-refractivity contribution is -0.105. The number of ether oxygens (including phenoxy) is 1. The highest BCUT2D eigenvalue weighted by Crippen LogP contribution is 2.29. The Morgan fingerprint density at radius 1 is 1.10 bits per heavy atom. The maximum absolute atomic E-state index is 11.3. The lowest BCUT2D eigenvalue weighted by Gasteiger charge is -2.10. The Morgan fingerprint density at radius 2 is 1.71 bits per heavy atom. The fourth-order valence-corrected chi connectivity index (χ4v) is 2.40. The SMILES string of the molecule is O=CNc1ccc(Oc2ccc(Cl)cc2)cc1S(=O)(=O)O. The molecule has 2 N–H and O–H groups in total. The summed E-state index contributed by atoms with van der Waals surface area (Å²) in [5.41, 5.74) is -0.0454. The lowest BCUT2D eigenvalue weighted by Crippen LogP contribution is -2.05. The highest BCUT2D eigenvalue weighted by molar-refractivity contribution is 7.86. The van der Waals surface area contributed by atoms with Crippen LogP contribution in [0, 0.1) is 0 Å². The predicted molar refractivity (Wildman–Crippen MR) is 77.5 cm³/mol. The summed E-state index contributed by atoms with van der Waals surface area (Å²) in [5, 5.41) is 2.72. The summed E-state index contributed by atoms with van der Waals surface area (Å²) in [6.07, 6.45) is 0.309. The summed E-state index contributed by atoms with van der Waals surface area (Å²) in [5.74, 6) is 0.623. The molecule has 0 aliphatic heterocycles. The van der Waals surface area contributed by atoms with Crippen LogP contribution in [0.25, 0.3) is 0 Å². The third kappa shape index (κ3) is 3.94. The molecule has 2 aromatic carbocycles. The van der Waals surface area contributed by atoms with Crippen LogP contribution < -0.4 is 10.1 Å². The monoisotopic (exact) mass is 327 g/mol. The molecule has 6 nitrogen and oxygen atoms in total. The van der Waals surface area contributed by atoms with Crippen LogP contribution in [0.2, 0.25) is 5.02 Å². The summed E-state index contributed by atoms with van der Waals surface area (Å²) >= 11 is 5.75. The molecule has 2 rings (SSSR count). The summed E-state index contributed by atoms with van der Waals surface area (Å²) in [6.45, 7) is 0. The second kappa shape index (κ2) is 6.13. The summed E-state index contributed by atoms with van der Waals surface area (Å²) in [4.78, 5) is 9.97. The van der Waals surface area contributed by atoms with Crippen molar-refractivity contribution in [2.45, 2.75) is 4.90 Å². The normalized spacial score (nSPS) is 11.0. The van der Waals surface area contributed by atoms with Gasteiger partial charge in [0.15, 0.2) is 0 Å². The third-order valence-corrected chi connectivity index (χ3v) is 3.64. The Hall–Kier alpha value is -2.09. The van der Waals surface area contributed by atoms with Gasteiger partial charge in [-0.2, -0.15) is 8.42 Å². The van der Waals surface area contributed by atoms with Gasteiger partial charge in [-0.3, -0.25) is 9.35 Å². The van der Waals surface area contributed by atoms with Crippen LogP contribution in [0.3, 0.4) is 0 Å². The molecule has 0 spiro atoms. The zero-order valence-corrected chi connectivity index (χ0v) is 12.1. The van der Waals surface area contributed by atoms with Crippen molar-refractivity contribution < 1.29 is 22.5 Å². The van der Waals surface area contributed by atoms with Crippen molar-refractivity contribution in [1.82, 2.24) is 0 Å². The number of anilines is 1. The van der Waals surface area contributed by atoms with E-state index >= 15 is 0 Å². The number of amides is 1. The largest absolute Gasteiger partial charge is 0.457 e. The standard InChI is InChI=1S/C13H10ClNO5S/c14-9-1-3-10(4-2-9)20-11-5-6-12(15-8-16)13(7-11)21(17,18)19/h1-8H,(H,15,16)(H,17,18,19). The van der Waals surface area contributed by atoms with E-state index in [1.54, 1.807) is 24.3 Å². The molecule has 0 aromatic heterocycles. The topological polar surface area (TPSA) is 92.7 Å². The average molecular weight is 328 g/mol. The first-order valence-electron chi connectivity index (χ1n) is 5.65. The number of halogens is 1. The van der Waals surface area contributed by atoms with Crippen LogP contribution in [0.5, 0.6) is 11.5 Å². The van der Waals surface area contributed by atoms with Gasteiger partial charge >= 0.3 is 0 Å². The van der Waals surface area contributed by atoms with Crippen molar-refractivity contribution in [3.63, 3.8) is 0 Å². The fourth-order valence-electron chi connectivity index (χ4n) is 1.60. The van der Waals surface area contributed by atoms with E-state index in [-0.39, 0.29) is 11.4 Å². The van der Waals surface area contributed by atoms with Gasteiger partial charge in [-0.25, -0.2) is 0 Å². The molecule has 0 unspecified atom stereocenters. The van der Waals surface area contributed by atoms with Gasteiger partial charge in [0.1, 0.15) is 16.4 Å².